The van der Waals surface area contributed by atoms with Gasteiger partial charge in [0, 0.05) is 32.9 Å². The molecule has 12 aromatic rings. The maximum Gasteiger partial charge on any atom is 0.0547 e. The van der Waals surface area contributed by atoms with Crippen LogP contribution < -0.4 is 0 Å². The Hall–Kier alpha value is -8.20. The van der Waals surface area contributed by atoms with Crippen LogP contribution in [0.15, 0.2) is 243 Å². The maximum atomic E-state index is 2.45. The molecule has 0 atom stereocenters. The van der Waals surface area contributed by atoms with Gasteiger partial charge in [0.1, 0.15) is 0 Å². The summed E-state index contributed by atoms with van der Waals surface area (Å²) in [6.45, 7) is 0. The Kier molecular flexibility index (Phi) is 8.53. The van der Waals surface area contributed by atoms with Gasteiger partial charge in [-0.2, -0.15) is 0 Å². The van der Waals surface area contributed by atoms with Crippen molar-refractivity contribution in [2.75, 3.05) is 0 Å². The molecule has 2 nitrogen and oxygen atoms in total. The second-order valence-corrected chi connectivity index (χ2v) is 16.1. The predicted molar refractivity (Wildman–Crippen MR) is 262 cm³/mol. The van der Waals surface area contributed by atoms with E-state index in [1.807, 2.05) is 0 Å². The molecule has 0 N–H and O–H groups in total. The van der Waals surface area contributed by atoms with Gasteiger partial charge in [-0.1, -0.05) is 182 Å². The highest BCUT2D eigenvalue weighted by atomic mass is 15.0. The van der Waals surface area contributed by atoms with Gasteiger partial charge in [-0.05, 0) is 116 Å². The number of aromatic nitrogens is 2. The molecule has 2 heterocycles. The fraction of sp³-hybridized carbons (Fsp3) is 0. The summed E-state index contributed by atoms with van der Waals surface area (Å²) in [6.07, 6.45) is 0. The fourth-order valence-electron chi connectivity index (χ4n) is 9.56. The molecule has 0 spiro atoms. The van der Waals surface area contributed by atoms with E-state index in [1.165, 1.54) is 99.2 Å². The van der Waals surface area contributed by atoms with Crippen LogP contribution in [0.4, 0.5) is 0 Å². The van der Waals surface area contributed by atoms with Crippen LogP contribution in [0.3, 0.4) is 0 Å². The Morgan fingerprint density at radius 3 is 1.29 bits per heavy atom. The van der Waals surface area contributed by atoms with E-state index in [2.05, 4.69) is 252 Å². The minimum atomic E-state index is 1.14. The second-order valence-electron chi connectivity index (χ2n) is 16.1. The average molecular weight is 789 g/mol. The lowest BCUT2D eigenvalue weighted by atomic mass is 9.95. The third-order valence-corrected chi connectivity index (χ3v) is 12.5. The van der Waals surface area contributed by atoms with E-state index in [9.17, 15) is 0 Å². The molecule has 290 valence electrons. The Labute approximate surface area is 360 Å². The molecule has 0 saturated heterocycles. The maximum absolute atomic E-state index is 2.45. The molecular formula is C60H40N2. The van der Waals surface area contributed by atoms with E-state index < -0.39 is 0 Å². The first-order valence-electron chi connectivity index (χ1n) is 21.3. The molecule has 2 aromatic heterocycles. The number of para-hydroxylation sites is 1. The van der Waals surface area contributed by atoms with E-state index in [-0.39, 0.29) is 0 Å². The van der Waals surface area contributed by atoms with Crippen LogP contribution in [0.1, 0.15) is 0 Å². The van der Waals surface area contributed by atoms with Crippen LogP contribution in [-0.4, -0.2) is 9.13 Å². The summed E-state index contributed by atoms with van der Waals surface area (Å²) in [6, 6.07) is 88.4. The van der Waals surface area contributed by atoms with Gasteiger partial charge in [0.25, 0.3) is 0 Å². The average Bonchev–Trinajstić information content (AvgIpc) is 3.87. The monoisotopic (exact) mass is 788 g/mol. The van der Waals surface area contributed by atoms with Crippen molar-refractivity contribution in [3.63, 3.8) is 0 Å². The van der Waals surface area contributed by atoms with Gasteiger partial charge in [-0.25, -0.2) is 0 Å². The van der Waals surface area contributed by atoms with Gasteiger partial charge >= 0.3 is 0 Å². The molecule has 2 heteroatoms. The highest BCUT2D eigenvalue weighted by Crippen LogP contribution is 2.42. The number of fused-ring (bicyclic) bond motifs is 6. The molecule has 0 unspecified atom stereocenters. The first-order valence-corrected chi connectivity index (χ1v) is 21.3. The number of benzene rings is 10. The fourth-order valence-corrected chi connectivity index (χ4v) is 9.56. The summed E-state index contributed by atoms with van der Waals surface area (Å²) in [5, 5.41) is 4.96. The lowest BCUT2D eigenvalue weighted by molar-refractivity contribution is 1.18. The van der Waals surface area contributed by atoms with Crippen molar-refractivity contribution in [3.05, 3.63) is 243 Å². The lowest BCUT2D eigenvalue weighted by Crippen LogP contribution is -1.94. The Morgan fingerprint density at radius 2 is 0.629 bits per heavy atom. The van der Waals surface area contributed by atoms with Crippen molar-refractivity contribution in [2.24, 2.45) is 0 Å². The molecule has 10 aromatic carbocycles. The van der Waals surface area contributed by atoms with E-state index >= 15 is 0 Å². The molecule has 0 aliphatic rings. The molecular weight excluding hydrogens is 749 g/mol. The summed E-state index contributed by atoms with van der Waals surface area (Å²) >= 11 is 0. The number of hydrogen-bond donors (Lipinski definition) is 0. The summed E-state index contributed by atoms with van der Waals surface area (Å²) < 4.78 is 4.85. The zero-order chi connectivity index (χ0) is 41.0. The molecule has 0 fully saturated rings. The summed E-state index contributed by atoms with van der Waals surface area (Å²) in [5.41, 5.74) is 19.1. The Morgan fingerprint density at radius 1 is 0.210 bits per heavy atom. The highest BCUT2D eigenvalue weighted by Gasteiger charge is 2.19. The second kappa shape index (κ2) is 14.8. The zero-order valence-electron chi connectivity index (χ0n) is 34.0. The Balaban J connectivity index is 1.03. The lowest BCUT2D eigenvalue weighted by Gasteiger charge is -2.11. The van der Waals surface area contributed by atoms with E-state index in [0.29, 0.717) is 0 Å². The van der Waals surface area contributed by atoms with Gasteiger partial charge < -0.3 is 9.13 Å². The van der Waals surface area contributed by atoms with Gasteiger partial charge in [0.15, 0.2) is 0 Å². The molecule has 0 radical (unpaired) electrons. The van der Waals surface area contributed by atoms with Gasteiger partial charge in [0.05, 0.1) is 22.1 Å². The van der Waals surface area contributed by atoms with Crippen molar-refractivity contribution in [2.45, 2.75) is 0 Å². The number of nitrogens with zero attached hydrogens (tertiary/aromatic N) is 2. The third-order valence-electron chi connectivity index (χ3n) is 12.5. The van der Waals surface area contributed by atoms with Crippen molar-refractivity contribution < 1.29 is 0 Å². The van der Waals surface area contributed by atoms with E-state index in [1.54, 1.807) is 0 Å². The minimum absolute atomic E-state index is 1.14. The molecule has 12 rings (SSSR count). The predicted octanol–water partition coefficient (Wildman–Crippen LogP) is 16.2. The van der Waals surface area contributed by atoms with Crippen molar-refractivity contribution in [1.29, 1.82) is 0 Å². The van der Waals surface area contributed by atoms with Crippen LogP contribution in [0, 0.1) is 0 Å². The SMILES string of the molecule is c1ccc(-c2ccc(-c3cccc4c3c3cc(-c5ccc6c(c5)c5ccccc5n6-c5ccc(-c6ccccc6)cc5)ccc3n4-c3cccc(-c4ccccc4)c3)cc2)cc1. The standard InChI is InChI=1S/C60H40N2/c1-4-14-41(15-5-1)44-26-28-46(29-27-44)52-23-13-25-59-60(52)55-40-49(33-37-58(55)62(59)51-21-12-20-47(38-51)43-18-8-3-9-19-43)48-32-36-57-54(39-48)53-22-10-11-24-56(53)61(57)50-34-30-45(31-35-50)42-16-6-2-7-17-42/h1-40H. The first-order chi connectivity index (χ1) is 30.7. The van der Waals surface area contributed by atoms with Crippen LogP contribution in [-0.2, 0) is 0 Å². The first kappa shape index (κ1) is 35.7. The van der Waals surface area contributed by atoms with Crippen LogP contribution in [0.2, 0.25) is 0 Å². The minimum Gasteiger partial charge on any atom is -0.309 e. The normalized spacial score (nSPS) is 11.5. The summed E-state index contributed by atoms with van der Waals surface area (Å²) in [5.74, 6) is 0. The smallest absolute Gasteiger partial charge is 0.0547 e. The van der Waals surface area contributed by atoms with E-state index in [0.717, 1.165) is 11.4 Å². The summed E-state index contributed by atoms with van der Waals surface area (Å²) in [7, 11) is 0. The molecule has 0 amide bonds. The molecule has 0 saturated carbocycles. The largest absolute Gasteiger partial charge is 0.309 e. The van der Waals surface area contributed by atoms with Gasteiger partial charge in [0.2, 0.25) is 0 Å². The van der Waals surface area contributed by atoms with Crippen LogP contribution in [0.25, 0.3) is 111 Å². The number of hydrogen-bond acceptors (Lipinski definition) is 0. The van der Waals surface area contributed by atoms with Gasteiger partial charge in [-0.15, -0.1) is 0 Å². The quantitative estimate of drug-likeness (QED) is 0.152. The van der Waals surface area contributed by atoms with Gasteiger partial charge in [-0.3, -0.25) is 0 Å². The zero-order valence-corrected chi connectivity index (χ0v) is 34.0. The molecule has 62 heavy (non-hydrogen) atoms. The van der Waals surface area contributed by atoms with E-state index in [4.69, 9.17) is 0 Å². The summed E-state index contributed by atoms with van der Waals surface area (Å²) in [4.78, 5) is 0. The topological polar surface area (TPSA) is 9.86 Å². The molecule has 0 aliphatic carbocycles. The van der Waals surface area contributed by atoms with Crippen LogP contribution >= 0.6 is 0 Å². The van der Waals surface area contributed by atoms with Crippen LogP contribution in [0.5, 0.6) is 0 Å². The molecule has 0 bridgehead atoms. The highest BCUT2D eigenvalue weighted by molar-refractivity contribution is 6.17. The van der Waals surface area contributed by atoms with Crippen molar-refractivity contribution in [3.8, 4) is 67.0 Å². The molecule has 0 aliphatic heterocycles. The van der Waals surface area contributed by atoms with Crippen molar-refractivity contribution >= 4 is 43.6 Å². The third kappa shape index (κ3) is 6.04. The Bertz CT molecular complexity index is 3580. The number of rotatable bonds is 7. The van der Waals surface area contributed by atoms with Crippen molar-refractivity contribution in [1.82, 2.24) is 9.13 Å².